The highest BCUT2D eigenvalue weighted by Gasteiger charge is 2.35. The molecule has 3 atom stereocenters. The molecule has 0 aromatic carbocycles. The zero-order valence-electron chi connectivity index (χ0n) is 13.3. The maximum atomic E-state index is 9.77. The lowest BCUT2D eigenvalue weighted by molar-refractivity contribution is -0.165. The fourth-order valence-electron chi connectivity index (χ4n) is 3.11. The van der Waals surface area contributed by atoms with E-state index in [0.29, 0.717) is 11.1 Å². The van der Waals surface area contributed by atoms with Crippen LogP contribution in [0, 0.1) is 5.92 Å². The molecule has 4 N–H and O–H groups in total. The van der Waals surface area contributed by atoms with E-state index in [0.717, 1.165) is 18.2 Å². The number of carboxylic acids is 2. The molecule has 0 aliphatic carbocycles. The molecule has 3 unspecified atom stereocenters. The van der Waals surface area contributed by atoms with Crippen molar-refractivity contribution < 1.29 is 30.0 Å². The molecule has 138 valence electrons. The highest BCUT2D eigenvalue weighted by molar-refractivity contribution is 6.29. The first kappa shape index (κ1) is 19.5. The summed E-state index contributed by atoms with van der Waals surface area (Å²) in [7, 11) is 0. The molecular weight excluding hydrogens is 354 g/mol. The van der Waals surface area contributed by atoms with Crippen molar-refractivity contribution in [3.8, 4) is 0 Å². The lowest BCUT2D eigenvalue weighted by Crippen LogP contribution is -2.46. The van der Waals surface area contributed by atoms with Gasteiger partial charge in [0.2, 0.25) is 0 Å². The molecule has 1 aromatic rings. The molecule has 10 heteroatoms. The lowest BCUT2D eigenvalue weighted by atomic mass is 9.77. The summed E-state index contributed by atoms with van der Waals surface area (Å²) in [5.74, 6) is -2.19. The van der Waals surface area contributed by atoms with Crippen molar-refractivity contribution in [2.45, 2.75) is 31.0 Å². The van der Waals surface area contributed by atoms with E-state index in [9.17, 15) is 9.59 Å². The van der Waals surface area contributed by atoms with Crippen molar-refractivity contribution in [1.29, 1.82) is 0 Å². The zero-order valence-corrected chi connectivity index (χ0v) is 14.1. The van der Waals surface area contributed by atoms with Gasteiger partial charge in [0.25, 0.3) is 0 Å². The van der Waals surface area contributed by atoms with Gasteiger partial charge in [-0.25, -0.2) is 14.6 Å². The summed E-state index contributed by atoms with van der Waals surface area (Å²) >= 11 is 5.88. The minimum atomic E-state index is -2.27. The molecule has 0 saturated carbocycles. The quantitative estimate of drug-likeness (QED) is 0.564. The van der Waals surface area contributed by atoms with Crippen molar-refractivity contribution in [1.82, 2.24) is 14.9 Å². The van der Waals surface area contributed by atoms with Gasteiger partial charge in [-0.3, -0.25) is 4.98 Å². The third-order valence-electron chi connectivity index (χ3n) is 4.46. The van der Waals surface area contributed by atoms with E-state index in [2.05, 4.69) is 14.9 Å². The summed E-state index contributed by atoms with van der Waals surface area (Å²) in [5, 5.41) is 33.0. The Labute approximate surface area is 148 Å². The van der Waals surface area contributed by atoms with Crippen LogP contribution in [0.25, 0.3) is 0 Å². The normalized spacial score (nSPS) is 26.9. The van der Waals surface area contributed by atoms with Crippen LogP contribution >= 0.6 is 11.6 Å². The Balaban J connectivity index is 0.000000199. The van der Waals surface area contributed by atoms with Crippen molar-refractivity contribution in [2.24, 2.45) is 5.92 Å². The van der Waals surface area contributed by atoms with Crippen molar-refractivity contribution in [2.75, 3.05) is 19.6 Å². The van der Waals surface area contributed by atoms with Gasteiger partial charge in [0.05, 0.1) is 11.9 Å². The van der Waals surface area contributed by atoms with E-state index in [1.807, 2.05) is 6.20 Å². The van der Waals surface area contributed by atoms with E-state index in [1.54, 1.807) is 6.20 Å². The number of aliphatic hydroxyl groups is 2. The predicted octanol–water partition coefficient (Wildman–Crippen LogP) is -0.183. The second-order valence-electron chi connectivity index (χ2n) is 6.08. The summed E-state index contributed by atoms with van der Waals surface area (Å²) in [4.78, 5) is 30.6. The molecule has 3 fully saturated rings. The number of hydrogen-bond acceptors (Lipinski definition) is 7. The molecule has 4 rings (SSSR count). The fourth-order valence-corrected chi connectivity index (χ4v) is 3.26. The fraction of sp³-hybridized carbons (Fsp3) is 0.600. The van der Waals surface area contributed by atoms with Gasteiger partial charge in [0.15, 0.2) is 12.2 Å². The smallest absolute Gasteiger partial charge is 0.335 e. The number of aromatic nitrogens is 2. The van der Waals surface area contributed by atoms with Gasteiger partial charge in [-0.05, 0) is 31.8 Å². The molecule has 2 bridgehead atoms. The van der Waals surface area contributed by atoms with Crippen LogP contribution in [-0.4, -0.2) is 79.1 Å². The molecule has 0 amide bonds. The van der Waals surface area contributed by atoms with E-state index >= 15 is 0 Å². The van der Waals surface area contributed by atoms with E-state index < -0.39 is 24.1 Å². The molecule has 3 aliphatic heterocycles. The van der Waals surface area contributed by atoms with Crippen LogP contribution in [0.5, 0.6) is 0 Å². The van der Waals surface area contributed by atoms with Gasteiger partial charge >= 0.3 is 11.9 Å². The lowest BCUT2D eigenvalue weighted by Gasteiger charge is -2.44. The first-order valence-corrected chi connectivity index (χ1v) is 8.19. The number of carbonyl (C=O) groups is 2. The number of hydrogen-bond donors (Lipinski definition) is 4. The van der Waals surface area contributed by atoms with Gasteiger partial charge < -0.3 is 25.3 Å². The molecular formula is C15H20ClN3O6. The molecule has 1 aromatic heterocycles. The number of aliphatic carboxylic acids is 2. The zero-order chi connectivity index (χ0) is 18.6. The predicted molar refractivity (Wildman–Crippen MR) is 86.2 cm³/mol. The van der Waals surface area contributed by atoms with E-state index in [-0.39, 0.29) is 0 Å². The Bertz CT molecular complexity index is 605. The summed E-state index contributed by atoms with van der Waals surface area (Å²) in [6, 6.07) is 0. The van der Waals surface area contributed by atoms with E-state index in [1.165, 1.54) is 25.9 Å². The number of halogens is 1. The van der Waals surface area contributed by atoms with Crippen LogP contribution in [0.1, 0.15) is 24.5 Å². The van der Waals surface area contributed by atoms with Crippen molar-refractivity contribution in [3.05, 3.63) is 23.2 Å². The Kier molecular flexibility index (Phi) is 6.65. The number of piperidine rings is 3. The largest absolute Gasteiger partial charge is 0.479 e. The van der Waals surface area contributed by atoms with Crippen LogP contribution in [0.3, 0.4) is 0 Å². The molecule has 0 radical (unpaired) electrons. The summed E-state index contributed by atoms with van der Waals surface area (Å²) in [6.45, 7) is 3.66. The Hall–Kier alpha value is -1.81. The number of nitrogens with zero attached hydrogens (tertiary/aromatic N) is 3. The topological polar surface area (TPSA) is 144 Å². The number of fused-ring (bicyclic) bond motifs is 3. The monoisotopic (exact) mass is 373 g/mol. The number of aliphatic hydroxyl groups excluding tert-OH is 2. The maximum Gasteiger partial charge on any atom is 0.335 e. The minimum Gasteiger partial charge on any atom is -0.479 e. The first-order valence-electron chi connectivity index (χ1n) is 7.81. The Morgan fingerprint density at radius 2 is 1.68 bits per heavy atom. The van der Waals surface area contributed by atoms with Crippen LogP contribution in [0.2, 0.25) is 5.15 Å². The molecule has 25 heavy (non-hydrogen) atoms. The van der Waals surface area contributed by atoms with E-state index in [4.69, 9.17) is 32.0 Å². The van der Waals surface area contributed by atoms with Crippen molar-refractivity contribution >= 4 is 23.5 Å². The van der Waals surface area contributed by atoms with Gasteiger partial charge in [0.1, 0.15) is 5.15 Å². The molecule has 0 spiro atoms. The van der Waals surface area contributed by atoms with Crippen LogP contribution in [0.4, 0.5) is 0 Å². The third kappa shape index (κ3) is 5.08. The minimum absolute atomic E-state index is 0.518. The molecule has 3 aliphatic rings. The number of carboxylic acid groups (broad SMARTS) is 2. The van der Waals surface area contributed by atoms with Gasteiger partial charge in [0, 0.05) is 18.7 Å². The maximum absolute atomic E-state index is 9.77. The second kappa shape index (κ2) is 8.52. The SMILES string of the molecule is Clc1cncc(C2CN3CCC2CC3)n1.O=C(O)C(O)C(O)C(=O)O. The molecule has 3 saturated heterocycles. The van der Waals surface area contributed by atoms with Crippen LogP contribution in [-0.2, 0) is 9.59 Å². The van der Waals surface area contributed by atoms with Gasteiger partial charge in [-0.15, -0.1) is 0 Å². The molecule has 4 heterocycles. The van der Waals surface area contributed by atoms with Crippen molar-refractivity contribution in [3.63, 3.8) is 0 Å². The average molecular weight is 374 g/mol. The third-order valence-corrected chi connectivity index (χ3v) is 4.65. The highest BCUT2D eigenvalue weighted by atomic mass is 35.5. The Morgan fingerprint density at radius 1 is 1.12 bits per heavy atom. The highest BCUT2D eigenvalue weighted by Crippen LogP contribution is 2.38. The summed E-state index contributed by atoms with van der Waals surface area (Å²) in [6.07, 6.45) is 1.55. The van der Waals surface area contributed by atoms with Crippen LogP contribution in [0.15, 0.2) is 12.4 Å². The Morgan fingerprint density at radius 3 is 2.08 bits per heavy atom. The van der Waals surface area contributed by atoms with Crippen LogP contribution < -0.4 is 0 Å². The average Bonchev–Trinajstić information content (AvgIpc) is 2.61. The summed E-state index contributed by atoms with van der Waals surface area (Å²) in [5.41, 5.74) is 1.08. The molecule has 9 nitrogen and oxygen atoms in total. The number of rotatable bonds is 4. The van der Waals surface area contributed by atoms with Gasteiger partial charge in [-0.2, -0.15) is 0 Å². The summed E-state index contributed by atoms with van der Waals surface area (Å²) < 4.78 is 0. The standard InChI is InChI=1S/C11H14ClN3.C4H6O6/c12-11-6-13-5-10(14-11)9-7-15-3-1-8(9)2-4-15;5-1(3(7)8)2(6)4(9)10/h5-6,8-9H,1-4,7H2;1-2,5-6H,(H,7,8)(H,9,10). The van der Waals surface area contributed by atoms with Gasteiger partial charge in [-0.1, -0.05) is 11.6 Å². The first-order chi connectivity index (χ1) is 11.8. The second-order valence-corrected chi connectivity index (χ2v) is 6.46.